The minimum Gasteiger partial charge on any atom is -0.506 e. The van der Waals surface area contributed by atoms with Crippen LogP contribution in [0.2, 0.25) is 5.02 Å². The maximum absolute atomic E-state index is 13.0. The predicted molar refractivity (Wildman–Crippen MR) is 210 cm³/mol. The highest BCUT2D eigenvalue weighted by Gasteiger charge is 2.34. The van der Waals surface area contributed by atoms with Crippen molar-refractivity contribution in [2.45, 2.75) is 44.4 Å². The number of hydrogen-bond acceptors (Lipinski definition) is 9. The van der Waals surface area contributed by atoms with Crippen LogP contribution in [-0.4, -0.2) is 71.0 Å². The number of aromatic nitrogens is 1. The van der Waals surface area contributed by atoms with Gasteiger partial charge < -0.3 is 40.2 Å². The third kappa shape index (κ3) is 9.39. The number of para-hydroxylation sites is 1. The van der Waals surface area contributed by atoms with Crippen molar-refractivity contribution in [3.8, 4) is 22.6 Å². The van der Waals surface area contributed by atoms with Crippen molar-refractivity contribution in [2.24, 2.45) is 0 Å². The van der Waals surface area contributed by atoms with Gasteiger partial charge in [0.25, 0.3) is 0 Å². The molecule has 0 radical (unpaired) electrons. The topological polar surface area (TPSA) is 165 Å². The van der Waals surface area contributed by atoms with Crippen LogP contribution in [0.4, 0.5) is 16.2 Å². The molecule has 2 amide bonds. The lowest BCUT2D eigenvalue weighted by molar-refractivity contribution is -0.116. The number of likely N-dealkylation sites (tertiary alicyclic amines) is 1. The number of hydrogen-bond donors (Lipinski definition) is 6. The van der Waals surface area contributed by atoms with E-state index in [1.165, 1.54) is 19.2 Å². The Morgan fingerprint density at radius 2 is 1.70 bits per heavy atom. The van der Waals surface area contributed by atoms with Crippen LogP contribution in [0.5, 0.6) is 11.5 Å². The first-order valence-corrected chi connectivity index (χ1v) is 18.2. The number of aromatic amines is 1. The summed E-state index contributed by atoms with van der Waals surface area (Å²) in [6.07, 6.45) is 0.0682. The van der Waals surface area contributed by atoms with Crippen molar-refractivity contribution >= 4 is 45.9 Å². The van der Waals surface area contributed by atoms with Crippen molar-refractivity contribution in [3.63, 3.8) is 0 Å². The molecule has 1 aliphatic heterocycles. The van der Waals surface area contributed by atoms with E-state index in [-0.39, 0.29) is 35.7 Å². The number of aliphatic hydroxyl groups excluding tert-OH is 1. The molecule has 1 atom stereocenters. The second kappa shape index (κ2) is 17.2. The van der Waals surface area contributed by atoms with E-state index in [2.05, 4.69) is 25.8 Å². The van der Waals surface area contributed by atoms with Crippen LogP contribution in [0.15, 0.2) is 95.8 Å². The lowest BCUT2D eigenvalue weighted by Crippen LogP contribution is -2.46. The number of anilines is 2. The third-order valence-corrected chi connectivity index (χ3v) is 10.0. The van der Waals surface area contributed by atoms with Crippen LogP contribution in [0, 0.1) is 0 Å². The summed E-state index contributed by atoms with van der Waals surface area (Å²) < 4.78 is 11.5. The number of piperidine rings is 1. The van der Waals surface area contributed by atoms with E-state index in [1.54, 1.807) is 24.3 Å². The first-order valence-electron chi connectivity index (χ1n) is 17.8. The van der Waals surface area contributed by atoms with Gasteiger partial charge in [0.1, 0.15) is 17.1 Å². The minimum atomic E-state index is -0.937. The number of aromatic hydroxyl groups is 1. The van der Waals surface area contributed by atoms with Gasteiger partial charge in [0.05, 0.1) is 35.1 Å². The number of methoxy groups -OCH3 is 1. The standard InChI is InChI=1S/C41H44ClN5O7/c1-41(54-40(52)45-32-11-7-6-10-28(32)26-8-4-3-5-9-26)17-20-47(21-18-41)19-16-38(51)44-33-23-36(53-2)27(22-31(33)42)24-43-25-35(49)29-12-14-34(48)39-30(29)13-15-37(50)46-39/h3-15,22-23,35,43,48-49H,16-21,24-25H2,1-2H3,(H,44,51)(H,45,52)(H,46,50). The number of halogens is 1. The number of H-pyrrole nitrogens is 1. The van der Waals surface area contributed by atoms with Crippen molar-refractivity contribution in [2.75, 3.05) is 43.9 Å². The minimum absolute atomic E-state index is 0.0806. The third-order valence-electron chi connectivity index (χ3n) is 9.72. The number of phenolic OH excluding ortho intramolecular Hbond substituents is 1. The van der Waals surface area contributed by atoms with Crippen LogP contribution in [0.3, 0.4) is 0 Å². The van der Waals surface area contributed by atoms with Gasteiger partial charge >= 0.3 is 6.09 Å². The molecule has 12 nitrogen and oxygen atoms in total. The summed E-state index contributed by atoms with van der Waals surface area (Å²) in [5, 5.41) is 31.0. The summed E-state index contributed by atoms with van der Waals surface area (Å²) in [5.41, 5.74) is 3.56. The van der Waals surface area contributed by atoms with Crippen molar-refractivity contribution in [3.05, 3.63) is 117 Å². The molecule has 1 aromatic heterocycles. The van der Waals surface area contributed by atoms with Crippen molar-refractivity contribution in [1.29, 1.82) is 0 Å². The predicted octanol–water partition coefficient (Wildman–Crippen LogP) is 6.82. The van der Waals surface area contributed by atoms with Crippen LogP contribution in [-0.2, 0) is 16.1 Å². The van der Waals surface area contributed by atoms with Gasteiger partial charge in [-0.15, -0.1) is 0 Å². The maximum atomic E-state index is 13.0. The Hall–Kier alpha value is -5.40. The molecule has 5 aromatic rings. The van der Waals surface area contributed by atoms with Crippen molar-refractivity contribution < 1.29 is 29.3 Å². The van der Waals surface area contributed by atoms with E-state index in [0.717, 1.165) is 16.7 Å². The summed E-state index contributed by atoms with van der Waals surface area (Å²) >= 11 is 6.59. The number of carbonyl (C=O) groups excluding carboxylic acids is 2. The molecular formula is C41H44ClN5O7. The molecule has 0 saturated carbocycles. The maximum Gasteiger partial charge on any atom is 0.412 e. The Kier molecular flexibility index (Phi) is 12.2. The molecule has 2 heterocycles. The number of rotatable bonds is 13. The fourth-order valence-electron chi connectivity index (χ4n) is 6.67. The number of pyridine rings is 1. The van der Waals surface area contributed by atoms with E-state index in [0.29, 0.717) is 72.1 Å². The van der Waals surface area contributed by atoms with Gasteiger partial charge in [0.15, 0.2) is 0 Å². The molecule has 282 valence electrons. The Balaban J connectivity index is 0.960. The van der Waals surface area contributed by atoms with Crippen LogP contribution >= 0.6 is 11.6 Å². The number of nitrogens with zero attached hydrogens (tertiary/aromatic N) is 1. The number of nitrogens with one attached hydrogen (secondary N) is 4. The second-order valence-corrected chi connectivity index (χ2v) is 14.0. The summed E-state index contributed by atoms with van der Waals surface area (Å²) in [6.45, 7) is 4.29. The van der Waals surface area contributed by atoms with Gasteiger partial charge in [-0.3, -0.25) is 14.9 Å². The summed E-state index contributed by atoms with van der Waals surface area (Å²) in [7, 11) is 1.53. The molecule has 1 saturated heterocycles. The molecule has 54 heavy (non-hydrogen) atoms. The van der Waals surface area contributed by atoms with Crippen LogP contribution in [0.25, 0.3) is 22.0 Å². The number of carbonyl (C=O) groups is 2. The zero-order valence-corrected chi connectivity index (χ0v) is 30.9. The van der Waals surface area contributed by atoms with Gasteiger partial charge in [0.2, 0.25) is 11.5 Å². The molecule has 0 bridgehead atoms. The van der Waals surface area contributed by atoms with Crippen LogP contribution < -0.4 is 26.2 Å². The molecular weight excluding hydrogens is 710 g/mol. The first kappa shape index (κ1) is 38.3. The van der Waals surface area contributed by atoms with Crippen LogP contribution in [0.1, 0.15) is 43.4 Å². The molecule has 0 aliphatic carbocycles. The Morgan fingerprint density at radius 1 is 0.963 bits per heavy atom. The Labute approximate surface area is 318 Å². The monoisotopic (exact) mass is 753 g/mol. The van der Waals surface area contributed by atoms with E-state index in [9.17, 15) is 24.6 Å². The first-order chi connectivity index (χ1) is 26.0. The number of phenols is 1. The molecule has 1 aliphatic rings. The van der Waals surface area contributed by atoms with E-state index < -0.39 is 17.8 Å². The molecule has 1 fully saturated rings. The second-order valence-electron chi connectivity index (χ2n) is 13.6. The van der Waals surface area contributed by atoms with E-state index in [4.69, 9.17) is 21.1 Å². The number of fused-ring (bicyclic) bond motifs is 1. The van der Waals surface area contributed by atoms with E-state index >= 15 is 0 Å². The Bertz CT molecular complexity index is 2170. The molecule has 6 N–H and O–H groups in total. The van der Waals surface area contributed by atoms with Crippen molar-refractivity contribution in [1.82, 2.24) is 15.2 Å². The SMILES string of the molecule is COc1cc(NC(=O)CCN2CCC(C)(OC(=O)Nc3ccccc3-c3ccccc3)CC2)c(Cl)cc1CNCC(O)c1ccc(O)c2[nH]c(=O)ccc12. The Morgan fingerprint density at radius 3 is 2.46 bits per heavy atom. The lowest BCUT2D eigenvalue weighted by Gasteiger charge is -2.38. The number of benzene rings is 4. The van der Waals surface area contributed by atoms with Gasteiger partial charge in [0, 0.05) is 67.8 Å². The average Bonchev–Trinajstić information content (AvgIpc) is 3.16. The summed E-state index contributed by atoms with van der Waals surface area (Å²) in [5.74, 6) is 0.228. The van der Waals surface area contributed by atoms with Gasteiger partial charge in [-0.2, -0.15) is 0 Å². The smallest absolute Gasteiger partial charge is 0.412 e. The molecule has 4 aromatic carbocycles. The zero-order chi connectivity index (χ0) is 38.2. The van der Waals surface area contributed by atoms with Gasteiger partial charge in [-0.25, -0.2) is 4.79 Å². The molecule has 13 heteroatoms. The van der Waals surface area contributed by atoms with E-state index in [1.807, 2.05) is 61.5 Å². The number of ether oxygens (including phenoxy) is 2. The normalized spacial score (nSPS) is 14.7. The molecule has 6 rings (SSSR count). The quantitative estimate of drug-likeness (QED) is 0.0757. The highest BCUT2D eigenvalue weighted by molar-refractivity contribution is 6.33. The highest BCUT2D eigenvalue weighted by atomic mass is 35.5. The fourth-order valence-corrected chi connectivity index (χ4v) is 6.90. The highest BCUT2D eigenvalue weighted by Crippen LogP contribution is 2.33. The average molecular weight is 754 g/mol. The summed E-state index contributed by atoms with van der Waals surface area (Å²) in [6, 6.07) is 26.8. The fraction of sp³-hybridized carbons (Fsp3) is 0.293. The summed E-state index contributed by atoms with van der Waals surface area (Å²) in [4.78, 5) is 42.5. The largest absolute Gasteiger partial charge is 0.506 e. The molecule has 0 spiro atoms. The van der Waals surface area contributed by atoms with Gasteiger partial charge in [-0.1, -0.05) is 66.2 Å². The van der Waals surface area contributed by atoms with Gasteiger partial charge in [-0.05, 0) is 55.2 Å². The zero-order valence-electron chi connectivity index (χ0n) is 30.2. The lowest BCUT2D eigenvalue weighted by atomic mass is 9.93. The number of aliphatic hydroxyl groups is 1. The number of amides is 2. The molecule has 1 unspecified atom stereocenters.